The standard InChI is InChI=1S/C35H38N8O3/c1-40-23-36-33(39-40)27-4-2-24(3-5-27)25-8-14-42(15-9-25)31(44)21-41-16-12-35(22-41)13-17-43(34(35)45)28-6-7-30-29(20-28)32(38-37-30)26-10-18-46-19-11-26/h2-8,10,20,23H,9,11-19,21-22H2,1H3,(H,37,38)/t35-/m0/s1. The number of H-pyrrole nitrogens is 1. The Hall–Kier alpha value is -4.61. The molecule has 4 aliphatic heterocycles. The summed E-state index contributed by atoms with van der Waals surface area (Å²) in [5.41, 5.74) is 7.00. The van der Waals surface area contributed by atoms with Gasteiger partial charge in [-0.05, 0) is 67.1 Å². The molecule has 11 heteroatoms. The normalized spacial score (nSPS) is 22.2. The SMILES string of the molecule is Cn1cnc(-c2ccc(C3=CCN(C(=O)CN4CC[C@]5(CCN(c6ccc7[nH]nc(C8=CCOCC8)c7c6)C5=O)C4)CC3)cc2)n1. The molecule has 1 N–H and O–H groups in total. The zero-order chi connectivity index (χ0) is 31.3. The molecule has 1 spiro atoms. The van der Waals surface area contributed by atoms with Crippen LogP contribution in [0.3, 0.4) is 0 Å². The molecular formula is C35H38N8O3. The molecule has 0 unspecified atom stereocenters. The lowest BCUT2D eigenvalue weighted by Crippen LogP contribution is -2.43. The molecule has 1 atom stereocenters. The molecule has 11 nitrogen and oxygen atoms in total. The lowest BCUT2D eigenvalue weighted by molar-refractivity contribution is -0.132. The number of aryl methyl sites for hydroxylation is 1. The van der Waals surface area contributed by atoms with Crippen molar-refractivity contribution in [2.24, 2.45) is 12.5 Å². The van der Waals surface area contributed by atoms with Crippen molar-refractivity contribution in [1.82, 2.24) is 34.8 Å². The Kier molecular flexibility index (Phi) is 7.29. The van der Waals surface area contributed by atoms with E-state index >= 15 is 0 Å². The van der Waals surface area contributed by atoms with Gasteiger partial charge < -0.3 is 14.5 Å². The van der Waals surface area contributed by atoms with Crippen LogP contribution in [-0.4, -0.2) is 99.1 Å². The third-order valence-corrected chi connectivity index (χ3v) is 10.1. The van der Waals surface area contributed by atoms with Gasteiger partial charge in [0.2, 0.25) is 11.8 Å². The monoisotopic (exact) mass is 618 g/mol. The summed E-state index contributed by atoms with van der Waals surface area (Å²) in [6, 6.07) is 14.5. The van der Waals surface area contributed by atoms with Crippen LogP contribution in [0, 0.1) is 5.41 Å². The summed E-state index contributed by atoms with van der Waals surface area (Å²) in [6.07, 6.45) is 9.20. The van der Waals surface area contributed by atoms with Crippen LogP contribution in [0.15, 0.2) is 60.9 Å². The van der Waals surface area contributed by atoms with Gasteiger partial charge in [0.1, 0.15) is 6.33 Å². The number of nitrogens with zero attached hydrogens (tertiary/aromatic N) is 7. The Morgan fingerprint density at radius 2 is 1.85 bits per heavy atom. The summed E-state index contributed by atoms with van der Waals surface area (Å²) in [6.45, 7) is 5.04. The minimum Gasteiger partial charge on any atom is -0.377 e. The minimum atomic E-state index is -0.427. The molecule has 2 fully saturated rings. The molecule has 0 saturated carbocycles. The minimum absolute atomic E-state index is 0.131. The van der Waals surface area contributed by atoms with E-state index in [0.717, 1.165) is 60.1 Å². The molecule has 6 heterocycles. The van der Waals surface area contributed by atoms with Gasteiger partial charge in [-0.25, -0.2) is 4.98 Å². The molecule has 4 aliphatic rings. The van der Waals surface area contributed by atoms with Crippen molar-refractivity contribution in [1.29, 1.82) is 0 Å². The first-order chi connectivity index (χ1) is 22.5. The van der Waals surface area contributed by atoms with Crippen molar-refractivity contribution in [2.45, 2.75) is 25.7 Å². The van der Waals surface area contributed by atoms with Crippen molar-refractivity contribution in [3.63, 3.8) is 0 Å². The fourth-order valence-corrected chi connectivity index (χ4v) is 7.45. The average Bonchev–Trinajstić information content (AvgIpc) is 3.89. The summed E-state index contributed by atoms with van der Waals surface area (Å²) in [5.74, 6) is 1.02. The Balaban J connectivity index is 0.888. The Morgan fingerprint density at radius 1 is 1.00 bits per heavy atom. The first-order valence-electron chi connectivity index (χ1n) is 16.2. The number of nitrogens with one attached hydrogen (secondary N) is 1. The molecule has 2 aromatic heterocycles. The van der Waals surface area contributed by atoms with Crippen LogP contribution in [0.4, 0.5) is 5.69 Å². The fraction of sp³-hybridized carbons (Fsp3) is 0.400. The Bertz CT molecular complexity index is 1870. The van der Waals surface area contributed by atoms with E-state index in [-0.39, 0.29) is 11.8 Å². The second-order valence-electron chi connectivity index (χ2n) is 12.9. The van der Waals surface area contributed by atoms with Crippen LogP contribution in [0.25, 0.3) is 33.4 Å². The molecule has 8 rings (SSSR count). The highest BCUT2D eigenvalue weighted by atomic mass is 16.5. The molecule has 46 heavy (non-hydrogen) atoms. The molecule has 0 aliphatic carbocycles. The highest BCUT2D eigenvalue weighted by Gasteiger charge is 2.51. The molecule has 2 amide bonds. The van der Waals surface area contributed by atoms with Gasteiger partial charge in [-0.15, -0.1) is 0 Å². The number of anilines is 1. The summed E-state index contributed by atoms with van der Waals surface area (Å²) < 4.78 is 7.18. The van der Waals surface area contributed by atoms with Crippen LogP contribution in [0.2, 0.25) is 0 Å². The summed E-state index contributed by atoms with van der Waals surface area (Å²) >= 11 is 0. The number of aromatic amines is 1. The lowest BCUT2D eigenvalue weighted by Gasteiger charge is -2.29. The Morgan fingerprint density at radius 3 is 2.61 bits per heavy atom. The zero-order valence-corrected chi connectivity index (χ0v) is 26.1. The number of carbonyl (C=O) groups excluding carboxylic acids is 2. The smallest absolute Gasteiger partial charge is 0.237 e. The average molecular weight is 619 g/mol. The van der Waals surface area contributed by atoms with E-state index in [9.17, 15) is 9.59 Å². The molecule has 2 aromatic carbocycles. The quantitative estimate of drug-likeness (QED) is 0.349. The first kappa shape index (κ1) is 28.8. The van der Waals surface area contributed by atoms with Gasteiger partial charge in [-0.1, -0.05) is 36.4 Å². The van der Waals surface area contributed by atoms with Crippen molar-refractivity contribution < 1.29 is 14.3 Å². The van der Waals surface area contributed by atoms with Crippen LogP contribution in [0.1, 0.15) is 36.9 Å². The lowest BCUT2D eigenvalue weighted by atomic mass is 9.85. The summed E-state index contributed by atoms with van der Waals surface area (Å²) in [4.78, 5) is 37.7. The largest absolute Gasteiger partial charge is 0.377 e. The van der Waals surface area contributed by atoms with Gasteiger partial charge in [0.15, 0.2) is 5.82 Å². The number of fused-ring (bicyclic) bond motifs is 1. The molecule has 4 aromatic rings. The van der Waals surface area contributed by atoms with E-state index in [1.54, 1.807) is 11.0 Å². The topological polar surface area (TPSA) is 112 Å². The summed E-state index contributed by atoms with van der Waals surface area (Å²) in [5, 5.41) is 13.1. The number of hydrogen-bond donors (Lipinski definition) is 1. The Labute approximate surface area is 267 Å². The van der Waals surface area contributed by atoms with Crippen LogP contribution < -0.4 is 4.90 Å². The highest BCUT2D eigenvalue weighted by molar-refractivity contribution is 6.02. The third kappa shape index (κ3) is 5.23. The van der Waals surface area contributed by atoms with Gasteiger partial charge in [0.05, 0.1) is 36.4 Å². The maximum absolute atomic E-state index is 13.9. The number of benzene rings is 2. The van der Waals surface area contributed by atoms with E-state index in [0.29, 0.717) is 51.8 Å². The highest BCUT2D eigenvalue weighted by Crippen LogP contribution is 2.43. The van der Waals surface area contributed by atoms with Crippen molar-refractivity contribution >= 4 is 39.6 Å². The van der Waals surface area contributed by atoms with Crippen LogP contribution in [0.5, 0.6) is 0 Å². The second kappa shape index (κ2) is 11.6. The number of carbonyl (C=O) groups is 2. The number of amides is 2. The zero-order valence-electron chi connectivity index (χ0n) is 26.1. The van der Waals surface area contributed by atoms with Crippen LogP contribution >= 0.6 is 0 Å². The van der Waals surface area contributed by atoms with Crippen molar-refractivity contribution in [2.75, 3.05) is 57.4 Å². The summed E-state index contributed by atoms with van der Waals surface area (Å²) in [7, 11) is 1.86. The van der Waals surface area contributed by atoms with E-state index in [4.69, 9.17) is 4.74 Å². The number of aromatic nitrogens is 5. The number of ether oxygens (including phenoxy) is 1. The van der Waals surface area contributed by atoms with Crippen molar-refractivity contribution in [3.8, 4) is 11.4 Å². The van der Waals surface area contributed by atoms with E-state index in [1.807, 2.05) is 29.0 Å². The van der Waals surface area contributed by atoms with E-state index < -0.39 is 5.41 Å². The van der Waals surface area contributed by atoms with Gasteiger partial charge in [0.25, 0.3) is 0 Å². The van der Waals surface area contributed by atoms with Gasteiger partial charge in [-0.3, -0.25) is 24.3 Å². The van der Waals surface area contributed by atoms with Gasteiger partial charge in [0, 0.05) is 49.9 Å². The number of likely N-dealkylation sites (tertiary alicyclic amines) is 1. The third-order valence-electron chi connectivity index (χ3n) is 10.1. The predicted octanol–water partition coefficient (Wildman–Crippen LogP) is 3.91. The fourth-order valence-electron chi connectivity index (χ4n) is 7.45. The molecule has 2 saturated heterocycles. The molecule has 236 valence electrons. The van der Waals surface area contributed by atoms with Gasteiger partial charge in [-0.2, -0.15) is 10.2 Å². The molecular weight excluding hydrogens is 580 g/mol. The number of rotatable bonds is 6. The van der Waals surface area contributed by atoms with E-state index in [2.05, 4.69) is 67.7 Å². The maximum atomic E-state index is 13.9. The van der Waals surface area contributed by atoms with Crippen LogP contribution in [-0.2, 0) is 21.4 Å². The molecule has 0 bridgehead atoms. The van der Waals surface area contributed by atoms with E-state index in [1.165, 1.54) is 16.7 Å². The first-order valence-corrected chi connectivity index (χ1v) is 16.2. The van der Waals surface area contributed by atoms with Gasteiger partial charge >= 0.3 is 0 Å². The van der Waals surface area contributed by atoms with Crippen molar-refractivity contribution in [3.05, 3.63) is 72.2 Å². The second-order valence-corrected chi connectivity index (χ2v) is 12.9. The maximum Gasteiger partial charge on any atom is 0.237 e. The molecule has 0 radical (unpaired) electrons. The number of hydrogen-bond acceptors (Lipinski definition) is 7. The predicted molar refractivity (Wildman–Crippen MR) is 176 cm³/mol.